The van der Waals surface area contributed by atoms with Crippen molar-refractivity contribution in [3.05, 3.63) is 59.2 Å². The number of hydrogen-bond acceptors (Lipinski definition) is 3. The second-order valence-electron chi connectivity index (χ2n) is 6.03. The maximum Gasteiger partial charge on any atom is 0.240 e. The first kappa shape index (κ1) is 16.0. The number of nitrogens with two attached hydrogens (primary N) is 1. The van der Waals surface area contributed by atoms with Crippen molar-refractivity contribution in [1.82, 2.24) is 4.72 Å². The average Bonchev–Trinajstić information content (AvgIpc) is 2.56. The zero-order valence-electron chi connectivity index (χ0n) is 13.1. The van der Waals surface area contributed by atoms with Crippen LogP contribution in [0.15, 0.2) is 47.4 Å². The Bertz CT molecular complexity index is 783. The number of aryl methyl sites for hydroxylation is 2. The highest BCUT2D eigenvalue weighted by Gasteiger charge is 2.17. The van der Waals surface area contributed by atoms with Crippen LogP contribution in [0.1, 0.15) is 29.5 Å². The smallest absolute Gasteiger partial charge is 0.240 e. The largest absolute Gasteiger partial charge is 0.399 e. The molecular weight excluding hydrogens is 308 g/mol. The minimum absolute atomic E-state index is 0.371. The normalized spacial score (nSPS) is 14.4. The molecule has 1 aliphatic rings. The zero-order valence-corrected chi connectivity index (χ0v) is 13.9. The minimum atomic E-state index is -3.45. The summed E-state index contributed by atoms with van der Waals surface area (Å²) in [5, 5.41) is 0. The Balaban J connectivity index is 1.65. The van der Waals surface area contributed by atoms with Gasteiger partial charge in [-0.2, -0.15) is 0 Å². The van der Waals surface area contributed by atoms with Crippen molar-refractivity contribution < 1.29 is 8.42 Å². The molecule has 0 unspecified atom stereocenters. The Labute approximate surface area is 137 Å². The molecule has 0 saturated heterocycles. The number of rotatable bonds is 5. The van der Waals surface area contributed by atoms with E-state index >= 15 is 0 Å². The Morgan fingerprint density at radius 1 is 0.957 bits per heavy atom. The van der Waals surface area contributed by atoms with Crippen molar-refractivity contribution in [2.75, 3.05) is 12.3 Å². The summed E-state index contributed by atoms with van der Waals surface area (Å²) in [6, 6.07) is 13.0. The van der Waals surface area contributed by atoms with Gasteiger partial charge in [0.25, 0.3) is 0 Å². The van der Waals surface area contributed by atoms with Crippen molar-refractivity contribution in [1.29, 1.82) is 0 Å². The van der Waals surface area contributed by atoms with E-state index in [-0.39, 0.29) is 0 Å². The third-order valence-electron chi connectivity index (χ3n) is 4.32. The van der Waals surface area contributed by atoms with Gasteiger partial charge in [0.05, 0.1) is 4.90 Å². The summed E-state index contributed by atoms with van der Waals surface area (Å²) < 4.78 is 27.5. The number of fused-ring (bicyclic) bond motifs is 1. The molecule has 0 radical (unpaired) electrons. The van der Waals surface area contributed by atoms with Crippen LogP contribution in [0, 0.1) is 0 Å². The molecule has 1 aliphatic carbocycles. The van der Waals surface area contributed by atoms with Gasteiger partial charge >= 0.3 is 0 Å². The molecular formula is C18H22N2O2S. The third kappa shape index (κ3) is 3.92. The fourth-order valence-electron chi connectivity index (χ4n) is 2.97. The molecule has 0 saturated carbocycles. The molecule has 0 aliphatic heterocycles. The molecule has 0 spiro atoms. The van der Waals surface area contributed by atoms with Gasteiger partial charge in [0.1, 0.15) is 0 Å². The lowest BCUT2D eigenvalue weighted by Crippen LogP contribution is -2.26. The summed E-state index contributed by atoms with van der Waals surface area (Å²) >= 11 is 0. The number of nitrogen functional groups attached to an aromatic ring is 1. The van der Waals surface area contributed by atoms with Gasteiger partial charge in [0.2, 0.25) is 10.0 Å². The summed E-state index contributed by atoms with van der Waals surface area (Å²) in [5.41, 5.74) is 9.89. The number of benzene rings is 2. The Morgan fingerprint density at radius 2 is 1.65 bits per heavy atom. The first-order valence-electron chi connectivity index (χ1n) is 8.00. The topological polar surface area (TPSA) is 72.2 Å². The van der Waals surface area contributed by atoms with Gasteiger partial charge in [0.15, 0.2) is 0 Å². The Morgan fingerprint density at radius 3 is 2.39 bits per heavy atom. The fraction of sp³-hybridized carbons (Fsp3) is 0.333. The lowest BCUT2D eigenvalue weighted by Gasteiger charge is -2.16. The van der Waals surface area contributed by atoms with Crippen LogP contribution in [-0.4, -0.2) is 15.0 Å². The second kappa shape index (κ2) is 6.72. The number of nitrogens with one attached hydrogen (secondary N) is 1. The van der Waals surface area contributed by atoms with Gasteiger partial charge in [-0.1, -0.05) is 18.2 Å². The quantitative estimate of drug-likeness (QED) is 0.828. The highest BCUT2D eigenvalue weighted by atomic mass is 32.2. The van der Waals surface area contributed by atoms with E-state index < -0.39 is 10.0 Å². The van der Waals surface area contributed by atoms with Crippen molar-refractivity contribution >= 4 is 15.7 Å². The van der Waals surface area contributed by atoms with Crippen molar-refractivity contribution in [3.8, 4) is 0 Å². The van der Waals surface area contributed by atoms with Gasteiger partial charge in [-0.05, 0) is 73.1 Å². The monoisotopic (exact) mass is 330 g/mol. The van der Waals surface area contributed by atoms with E-state index in [9.17, 15) is 8.42 Å². The molecule has 0 bridgehead atoms. The van der Waals surface area contributed by atoms with E-state index in [1.165, 1.54) is 17.5 Å². The van der Waals surface area contributed by atoms with Crippen LogP contribution in [0.2, 0.25) is 0 Å². The van der Waals surface area contributed by atoms with E-state index in [4.69, 9.17) is 5.73 Å². The minimum Gasteiger partial charge on any atom is -0.399 e. The summed E-state index contributed by atoms with van der Waals surface area (Å²) in [7, 11) is -3.45. The Hall–Kier alpha value is -1.85. The predicted octanol–water partition coefficient (Wildman–Crippen LogP) is 2.67. The summed E-state index contributed by atoms with van der Waals surface area (Å²) in [4.78, 5) is 0.371. The molecule has 0 aromatic heterocycles. The number of hydrogen-bond donors (Lipinski definition) is 2. The third-order valence-corrected chi connectivity index (χ3v) is 5.77. The molecule has 0 fully saturated rings. The van der Waals surface area contributed by atoms with Crippen LogP contribution in [-0.2, 0) is 29.3 Å². The van der Waals surface area contributed by atoms with Gasteiger partial charge in [0, 0.05) is 12.2 Å². The molecule has 23 heavy (non-hydrogen) atoms. The van der Waals surface area contributed by atoms with Crippen LogP contribution in [0.25, 0.3) is 0 Å². The van der Waals surface area contributed by atoms with Crippen LogP contribution in [0.3, 0.4) is 0 Å². The summed E-state index contributed by atoms with van der Waals surface area (Å²) in [6.45, 7) is 0.378. The summed E-state index contributed by atoms with van der Waals surface area (Å²) in [5.74, 6) is 0. The molecule has 0 atom stereocenters. The number of anilines is 1. The molecule has 4 nitrogen and oxygen atoms in total. The van der Waals surface area contributed by atoms with Crippen molar-refractivity contribution in [2.24, 2.45) is 0 Å². The predicted molar refractivity (Wildman–Crippen MR) is 92.8 cm³/mol. The molecule has 5 heteroatoms. The zero-order chi connectivity index (χ0) is 16.3. The van der Waals surface area contributed by atoms with Gasteiger partial charge in [-0.15, -0.1) is 0 Å². The van der Waals surface area contributed by atoms with Crippen LogP contribution < -0.4 is 10.5 Å². The molecule has 0 heterocycles. The second-order valence-corrected chi connectivity index (χ2v) is 7.79. The highest BCUT2D eigenvalue weighted by Crippen LogP contribution is 2.24. The van der Waals surface area contributed by atoms with Crippen LogP contribution in [0.4, 0.5) is 5.69 Å². The first-order chi connectivity index (χ1) is 11.0. The van der Waals surface area contributed by atoms with E-state index in [0.29, 0.717) is 23.5 Å². The average molecular weight is 330 g/mol. The molecule has 3 N–H and O–H groups in total. The molecule has 3 rings (SSSR count). The maximum absolute atomic E-state index is 12.4. The maximum atomic E-state index is 12.4. The molecule has 0 amide bonds. The van der Waals surface area contributed by atoms with Crippen LogP contribution >= 0.6 is 0 Å². The Kier molecular flexibility index (Phi) is 4.68. The highest BCUT2D eigenvalue weighted by molar-refractivity contribution is 7.89. The lowest BCUT2D eigenvalue weighted by molar-refractivity contribution is 0.581. The molecule has 2 aromatic carbocycles. The van der Waals surface area contributed by atoms with Gasteiger partial charge in [-0.3, -0.25) is 0 Å². The van der Waals surface area contributed by atoms with E-state index in [1.54, 1.807) is 6.07 Å². The van der Waals surface area contributed by atoms with E-state index in [0.717, 1.165) is 24.8 Å². The van der Waals surface area contributed by atoms with Crippen molar-refractivity contribution in [3.63, 3.8) is 0 Å². The molecule has 122 valence electrons. The standard InChI is InChI=1S/C18H22N2O2S/c19-17-8-5-14(6-9-17)11-12-20-23(21,22)18-10-7-15-3-1-2-4-16(15)13-18/h5-10,13,20H,1-4,11-12,19H2. The summed E-state index contributed by atoms with van der Waals surface area (Å²) in [6.07, 6.45) is 5.01. The van der Waals surface area contributed by atoms with Crippen LogP contribution in [0.5, 0.6) is 0 Å². The fourth-order valence-corrected chi connectivity index (χ4v) is 4.06. The molecule has 2 aromatic rings. The van der Waals surface area contributed by atoms with Gasteiger partial charge < -0.3 is 5.73 Å². The van der Waals surface area contributed by atoms with Crippen molar-refractivity contribution in [2.45, 2.75) is 37.0 Å². The van der Waals surface area contributed by atoms with Gasteiger partial charge in [-0.25, -0.2) is 13.1 Å². The first-order valence-corrected chi connectivity index (χ1v) is 9.49. The lowest BCUT2D eigenvalue weighted by atomic mass is 9.92. The SMILES string of the molecule is Nc1ccc(CCNS(=O)(=O)c2ccc3c(c2)CCCC3)cc1. The van der Waals surface area contributed by atoms with E-state index in [2.05, 4.69) is 4.72 Å². The number of sulfonamides is 1. The van der Waals surface area contributed by atoms with E-state index in [1.807, 2.05) is 36.4 Å².